The molecular weight excluding hydrogens is 459 g/mol. The maximum atomic E-state index is 12.9. The Morgan fingerprint density at radius 1 is 1.14 bits per heavy atom. The van der Waals surface area contributed by atoms with E-state index in [-0.39, 0.29) is 17.3 Å². The molecule has 1 aliphatic heterocycles. The quantitative estimate of drug-likeness (QED) is 0.405. The summed E-state index contributed by atoms with van der Waals surface area (Å²) in [6.45, 7) is 1.83. The number of aromatic nitrogens is 4. The molecule has 3 aromatic heterocycles. The second kappa shape index (κ2) is 8.99. The molecule has 11 heteroatoms. The fraction of sp³-hybridized carbons (Fsp3) is 0.250. The minimum Gasteiger partial charge on any atom is -0.382 e. The fourth-order valence-electron chi connectivity index (χ4n) is 4.37. The van der Waals surface area contributed by atoms with Crippen molar-refractivity contribution in [1.82, 2.24) is 24.9 Å². The molecule has 1 aromatic carbocycles. The average Bonchev–Trinajstić information content (AvgIpc) is 3.25. The van der Waals surface area contributed by atoms with Crippen molar-refractivity contribution in [3.05, 3.63) is 71.8 Å². The van der Waals surface area contributed by atoms with Crippen LogP contribution in [0.25, 0.3) is 16.6 Å². The van der Waals surface area contributed by atoms with Crippen LogP contribution in [-0.2, 0) is 6.18 Å². The summed E-state index contributed by atoms with van der Waals surface area (Å²) >= 11 is 0. The molecule has 1 unspecified atom stereocenters. The Bertz CT molecular complexity index is 1380. The zero-order chi connectivity index (χ0) is 24.6. The second-order valence-corrected chi connectivity index (χ2v) is 8.39. The molecule has 4 heterocycles. The molecule has 1 saturated heterocycles. The summed E-state index contributed by atoms with van der Waals surface area (Å²) in [6.07, 6.45) is 0.0126. The van der Waals surface area contributed by atoms with Crippen LogP contribution in [0.2, 0.25) is 0 Å². The van der Waals surface area contributed by atoms with E-state index in [1.165, 1.54) is 6.33 Å². The number of nitrogens with two attached hydrogens (primary N) is 1. The average molecular weight is 481 g/mol. The van der Waals surface area contributed by atoms with Gasteiger partial charge in [-0.3, -0.25) is 4.79 Å². The van der Waals surface area contributed by atoms with Crippen molar-refractivity contribution >= 4 is 23.1 Å². The van der Waals surface area contributed by atoms with E-state index in [4.69, 9.17) is 5.73 Å². The molecule has 0 radical (unpaired) electrons. The van der Waals surface area contributed by atoms with Crippen molar-refractivity contribution in [3.8, 4) is 11.1 Å². The van der Waals surface area contributed by atoms with Crippen molar-refractivity contribution < 1.29 is 18.0 Å². The molecule has 5 rings (SSSR count). The Hall–Kier alpha value is -3.99. The minimum absolute atomic E-state index is 0.178. The van der Waals surface area contributed by atoms with Crippen molar-refractivity contribution in [2.24, 2.45) is 0 Å². The Kier molecular flexibility index (Phi) is 5.85. The van der Waals surface area contributed by atoms with E-state index >= 15 is 0 Å². The molecule has 0 spiro atoms. The van der Waals surface area contributed by atoms with Crippen LogP contribution >= 0.6 is 0 Å². The molecule has 8 nitrogen and oxygen atoms in total. The zero-order valence-electron chi connectivity index (χ0n) is 18.5. The first-order valence-electron chi connectivity index (χ1n) is 11.1. The molecule has 0 saturated carbocycles. The number of pyridine rings is 1. The Morgan fingerprint density at radius 2 is 1.94 bits per heavy atom. The van der Waals surface area contributed by atoms with Crippen LogP contribution in [0.15, 0.2) is 55.0 Å². The smallest absolute Gasteiger partial charge is 0.382 e. The maximum Gasteiger partial charge on any atom is 0.416 e. The summed E-state index contributed by atoms with van der Waals surface area (Å²) in [5, 5.41) is 10.3. The van der Waals surface area contributed by atoms with Crippen LogP contribution in [0.5, 0.6) is 0 Å². The first-order chi connectivity index (χ1) is 16.8. The number of piperidine rings is 1. The molecule has 1 fully saturated rings. The molecule has 4 aromatic rings. The lowest BCUT2D eigenvalue weighted by Gasteiger charge is -2.22. The van der Waals surface area contributed by atoms with Crippen LogP contribution in [-0.4, -0.2) is 38.6 Å². The van der Waals surface area contributed by atoms with E-state index < -0.39 is 17.6 Å². The number of amides is 1. The van der Waals surface area contributed by atoms with Gasteiger partial charge >= 0.3 is 6.18 Å². The fourth-order valence-corrected chi connectivity index (χ4v) is 4.37. The van der Waals surface area contributed by atoms with Gasteiger partial charge in [-0.2, -0.15) is 18.3 Å². The van der Waals surface area contributed by atoms with Gasteiger partial charge in [0.2, 0.25) is 0 Å². The van der Waals surface area contributed by atoms with Gasteiger partial charge in [-0.15, -0.1) is 0 Å². The highest BCUT2D eigenvalue weighted by Crippen LogP contribution is 2.35. The van der Waals surface area contributed by atoms with Crippen LogP contribution in [0.1, 0.15) is 40.4 Å². The lowest BCUT2D eigenvalue weighted by Crippen LogP contribution is -2.29. The number of hydrogen-bond acceptors (Lipinski definition) is 6. The molecule has 1 atom stereocenters. The number of anilines is 2. The van der Waals surface area contributed by atoms with E-state index in [0.717, 1.165) is 61.1 Å². The van der Waals surface area contributed by atoms with Gasteiger partial charge < -0.3 is 16.4 Å². The number of fused-ring (bicyclic) bond motifs is 1. The Balaban J connectivity index is 1.43. The predicted molar refractivity (Wildman–Crippen MR) is 125 cm³/mol. The molecule has 0 aliphatic carbocycles. The van der Waals surface area contributed by atoms with Crippen LogP contribution in [0, 0.1) is 0 Å². The molecular formula is C24H22F3N7O. The summed E-state index contributed by atoms with van der Waals surface area (Å²) < 4.78 is 40.6. The third kappa shape index (κ3) is 4.54. The van der Waals surface area contributed by atoms with E-state index in [9.17, 15) is 18.0 Å². The highest BCUT2D eigenvalue weighted by Gasteiger charge is 2.31. The van der Waals surface area contributed by atoms with Crippen molar-refractivity contribution in [2.45, 2.75) is 24.9 Å². The first kappa shape index (κ1) is 22.8. The molecule has 4 N–H and O–H groups in total. The van der Waals surface area contributed by atoms with Crippen LogP contribution in [0.4, 0.5) is 24.8 Å². The van der Waals surface area contributed by atoms with Gasteiger partial charge in [0, 0.05) is 35.5 Å². The number of hydrogen-bond donors (Lipinski definition) is 3. The van der Waals surface area contributed by atoms with E-state index in [1.807, 2.05) is 4.52 Å². The molecule has 1 aliphatic rings. The number of alkyl halides is 3. The van der Waals surface area contributed by atoms with Gasteiger partial charge in [-0.25, -0.2) is 14.5 Å². The summed E-state index contributed by atoms with van der Waals surface area (Å²) in [7, 11) is 0. The number of halogens is 3. The standard InChI is InChI=1S/C24H22F3N7O/c25-24(26,27)17-7-9-30-20(10-17)33-23(35)15-5-3-14(4-6-15)18-11-19(16-2-1-8-29-12-16)34-21(18)22(28)31-13-32-34/h3-7,9-11,13,16,29H,1-2,8,12H2,(H2,28,31,32)(H,30,33,35). The number of benzene rings is 1. The molecule has 0 bridgehead atoms. The first-order valence-corrected chi connectivity index (χ1v) is 11.1. The second-order valence-electron chi connectivity index (χ2n) is 8.39. The summed E-state index contributed by atoms with van der Waals surface area (Å²) in [5.41, 5.74) is 8.98. The van der Waals surface area contributed by atoms with Gasteiger partial charge in [0.15, 0.2) is 5.82 Å². The van der Waals surface area contributed by atoms with E-state index in [0.29, 0.717) is 11.3 Å². The van der Waals surface area contributed by atoms with Gasteiger partial charge in [0.1, 0.15) is 17.7 Å². The van der Waals surface area contributed by atoms with Gasteiger partial charge in [-0.1, -0.05) is 12.1 Å². The summed E-state index contributed by atoms with van der Waals surface area (Å²) in [4.78, 5) is 20.6. The SMILES string of the molecule is Nc1ncnn2c(C3CCCNC3)cc(-c3ccc(C(=O)Nc4cc(C(F)(F)F)ccn4)cc3)c12. The van der Waals surface area contributed by atoms with Crippen molar-refractivity contribution in [3.63, 3.8) is 0 Å². The molecule has 35 heavy (non-hydrogen) atoms. The number of rotatable bonds is 4. The molecule has 1 amide bonds. The van der Waals surface area contributed by atoms with Crippen LogP contribution in [0.3, 0.4) is 0 Å². The summed E-state index contributed by atoms with van der Waals surface area (Å²) in [6, 6.07) is 10.4. The highest BCUT2D eigenvalue weighted by atomic mass is 19.4. The Morgan fingerprint density at radius 3 is 2.66 bits per heavy atom. The predicted octanol–water partition coefficient (Wildman–Crippen LogP) is 4.11. The number of nitrogens with one attached hydrogen (secondary N) is 2. The number of nitrogen functional groups attached to an aromatic ring is 1. The van der Waals surface area contributed by atoms with Gasteiger partial charge in [0.25, 0.3) is 5.91 Å². The van der Waals surface area contributed by atoms with Gasteiger partial charge in [-0.05, 0) is 55.3 Å². The Labute approximate surface area is 198 Å². The monoisotopic (exact) mass is 481 g/mol. The normalized spacial score (nSPS) is 16.4. The third-order valence-corrected chi connectivity index (χ3v) is 6.11. The van der Waals surface area contributed by atoms with Gasteiger partial charge in [0.05, 0.1) is 5.56 Å². The summed E-state index contributed by atoms with van der Waals surface area (Å²) in [5.74, 6) is -0.114. The third-order valence-electron chi connectivity index (χ3n) is 6.11. The number of nitrogens with zero attached hydrogens (tertiary/aromatic N) is 4. The highest BCUT2D eigenvalue weighted by molar-refractivity contribution is 6.04. The number of carbonyl (C=O) groups is 1. The number of carbonyl (C=O) groups excluding carboxylic acids is 1. The van der Waals surface area contributed by atoms with Crippen molar-refractivity contribution in [1.29, 1.82) is 0 Å². The van der Waals surface area contributed by atoms with E-state index in [2.05, 4.69) is 31.8 Å². The maximum absolute atomic E-state index is 12.9. The lowest BCUT2D eigenvalue weighted by atomic mass is 9.95. The topological polar surface area (TPSA) is 110 Å². The zero-order valence-corrected chi connectivity index (χ0v) is 18.5. The van der Waals surface area contributed by atoms with Crippen LogP contribution < -0.4 is 16.4 Å². The van der Waals surface area contributed by atoms with Crippen molar-refractivity contribution in [2.75, 3.05) is 24.1 Å². The largest absolute Gasteiger partial charge is 0.416 e. The molecule has 180 valence electrons. The lowest BCUT2D eigenvalue weighted by molar-refractivity contribution is -0.137. The minimum atomic E-state index is -4.53. The van der Waals surface area contributed by atoms with E-state index in [1.54, 1.807) is 24.3 Å².